The molecule has 0 saturated carbocycles. The number of nitrogens with zero attached hydrogens (tertiary/aromatic N) is 1. The lowest BCUT2D eigenvalue weighted by molar-refractivity contribution is 0.102. The first-order valence-electron chi connectivity index (χ1n) is 8.19. The summed E-state index contributed by atoms with van der Waals surface area (Å²) in [6, 6.07) is 11.8. The lowest BCUT2D eigenvalue weighted by Crippen LogP contribution is -2.19. The maximum atomic E-state index is 12.5. The third-order valence-corrected chi connectivity index (χ3v) is 4.64. The second-order valence-electron chi connectivity index (χ2n) is 5.79. The molecule has 0 aliphatic heterocycles. The minimum Gasteiger partial charge on any atom is -0.495 e. The summed E-state index contributed by atoms with van der Waals surface area (Å²) in [6.07, 6.45) is 0. The zero-order valence-electron chi connectivity index (χ0n) is 15.1. The van der Waals surface area contributed by atoms with Crippen molar-refractivity contribution >= 4 is 51.4 Å². The molecule has 1 aromatic heterocycles. The van der Waals surface area contributed by atoms with E-state index in [1.165, 1.54) is 7.11 Å². The molecule has 3 rings (SSSR count). The molecule has 0 unspecified atom stereocenters. The van der Waals surface area contributed by atoms with Crippen molar-refractivity contribution in [1.29, 1.82) is 0 Å². The monoisotopic (exact) mass is 416 g/mol. The Bertz CT molecular complexity index is 1020. The van der Waals surface area contributed by atoms with Crippen molar-refractivity contribution in [2.24, 2.45) is 0 Å². The van der Waals surface area contributed by atoms with Crippen molar-refractivity contribution in [3.05, 3.63) is 64.1 Å². The average molecular weight is 417 g/mol. The van der Waals surface area contributed by atoms with Gasteiger partial charge in [-0.3, -0.25) is 10.1 Å². The van der Waals surface area contributed by atoms with Gasteiger partial charge in [0.15, 0.2) is 5.13 Å². The normalized spacial score (nSPS) is 10.2. The minimum absolute atomic E-state index is 0.187. The highest BCUT2D eigenvalue weighted by Crippen LogP contribution is 2.26. The number of rotatable bonds is 5. The van der Waals surface area contributed by atoms with Crippen LogP contribution in [-0.2, 0) is 0 Å². The van der Waals surface area contributed by atoms with Gasteiger partial charge in [-0.25, -0.2) is 9.78 Å². The molecular weight excluding hydrogens is 400 g/mol. The lowest BCUT2D eigenvalue weighted by Gasteiger charge is -2.10. The molecule has 7 nitrogen and oxygen atoms in total. The summed E-state index contributed by atoms with van der Waals surface area (Å²) in [5.41, 5.74) is 2.26. The minimum atomic E-state index is -0.482. The number of methoxy groups -OCH3 is 1. The molecule has 144 valence electrons. The van der Waals surface area contributed by atoms with Crippen molar-refractivity contribution in [1.82, 2.24) is 4.98 Å². The number of benzene rings is 2. The molecule has 0 radical (unpaired) electrons. The van der Waals surface area contributed by atoms with E-state index in [-0.39, 0.29) is 5.69 Å². The van der Waals surface area contributed by atoms with Gasteiger partial charge < -0.3 is 15.4 Å². The van der Waals surface area contributed by atoms with Crippen molar-refractivity contribution in [2.45, 2.75) is 6.92 Å². The Labute approximate surface area is 170 Å². The zero-order chi connectivity index (χ0) is 20.1. The fourth-order valence-corrected chi connectivity index (χ4v) is 3.24. The van der Waals surface area contributed by atoms with Crippen LogP contribution in [0.25, 0.3) is 0 Å². The van der Waals surface area contributed by atoms with E-state index >= 15 is 0 Å². The summed E-state index contributed by atoms with van der Waals surface area (Å²) < 4.78 is 5.25. The Hall–Kier alpha value is -3.10. The van der Waals surface area contributed by atoms with Crippen LogP contribution in [0.5, 0.6) is 5.75 Å². The van der Waals surface area contributed by atoms with Crippen LogP contribution in [0.15, 0.2) is 47.8 Å². The average Bonchev–Trinajstić information content (AvgIpc) is 3.10. The summed E-state index contributed by atoms with van der Waals surface area (Å²) >= 11 is 7.03. The van der Waals surface area contributed by atoms with E-state index in [0.717, 1.165) is 16.9 Å². The number of amides is 3. The third kappa shape index (κ3) is 4.99. The molecule has 0 bridgehead atoms. The zero-order valence-corrected chi connectivity index (χ0v) is 16.6. The molecule has 9 heteroatoms. The number of carbonyl (C=O) groups is 2. The number of urea groups is 1. The van der Waals surface area contributed by atoms with Crippen LogP contribution in [0.4, 0.5) is 21.3 Å². The van der Waals surface area contributed by atoms with Crippen LogP contribution in [0.3, 0.4) is 0 Å². The Balaban J connectivity index is 1.64. The smallest absolute Gasteiger partial charge is 0.325 e. The maximum absolute atomic E-state index is 12.5. The van der Waals surface area contributed by atoms with Gasteiger partial charge >= 0.3 is 6.03 Å². The van der Waals surface area contributed by atoms with E-state index in [9.17, 15) is 9.59 Å². The highest BCUT2D eigenvalue weighted by Gasteiger charge is 2.15. The molecule has 0 spiro atoms. The number of aryl methyl sites for hydroxylation is 1. The lowest BCUT2D eigenvalue weighted by atomic mass is 10.2. The SMILES string of the molecule is COc1ccc(C)cc1NC(=O)c1csc(NC(=O)Nc2cccc(Cl)c2)n1. The largest absolute Gasteiger partial charge is 0.495 e. The number of hydrogen-bond donors (Lipinski definition) is 3. The van der Waals surface area contributed by atoms with E-state index in [4.69, 9.17) is 16.3 Å². The first-order chi connectivity index (χ1) is 13.4. The maximum Gasteiger partial charge on any atom is 0.325 e. The van der Waals surface area contributed by atoms with Gasteiger partial charge in [0.25, 0.3) is 5.91 Å². The molecule has 3 N–H and O–H groups in total. The molecule has 0 atom stereocenters. The van der Waals surface area contributed by atoms with E-state index < -0.39 is 11.9 Å². The Morgan fingerprint density at radius 3 is 2.68 bits per heavy atom. The van der Waals surface area contributed by atoms with Crippen molar-refractivity contribution in [3.8, 4) is 5.75 Å². The number of carbonyl (C=O) groups excluding carboxylic acids is 2. The molecule has 0 fully saturated rings. The molecular formula is C19H17ClN4O3S. The number of anilines is 3. The molecule has 0 aliphatic rings. The van der Waals surface area contributed by atoms with Crippen LogP contribution in [-0.4, -0.2) is 24.0 Å². The number of ether oxygens (including phenoxy) is 1. The number of halogens is 1. The predicted octanol–water partition coefficient (Wildman–Crippen LogP) is 5.01. The summed E-state index contributed by atoms with van der Waals surface area (Å²) in [7, 11) is 1.53. The number of thiazole rings is 1. The van der Waals surface area contributed by atoms with Gasteiger partial charge in [0.2, 0.25) is 0 Å². The molecule has 2 aromatic carbocycles. The summed E-state index contributed by atoms with van der Waals surface area (Å²) in [5.74, 6) is 0.150. The molecule has 3 amide bonds. The van der Waals surface area contributed by atoms with Gasteiger partial charge in [0, 0.05) is 16.1 Å². The third-order valence-electron chi connectivity index (χ3n) is 3.64. The van der Waals surface area contributed by atoms with Gasteiger partial charge in [-0.15, -0.1) is 11.3 Å². The number of nitrogens with one attached hydrogen (secondary N) is 3. The fourth-order valence-electron chi connectivity index (χ4n) is 2.37. The van der Waals surface area contributed by atoms with Crippen LogP contribution < -0.4 is 20.7 Å². The van der Waals surface area contributed by atoms with Crippen LogP contribution >= 0.6 is 22.9 Å². The topological polar surface area (TPSA) is 92.4 Å². The summed E-state index contributed by atoms with van der Waals surface area (Å²) in [4.78, 5) is 28.7. The Kier molecular flexibility index (Phi) is 6.13. The van der Waals surface area contributed by atoms with Crippen molar-refractivity contribution < 1.29 is 14.3 Å². The quantitative estimate of drug-likeness (QED) is 0.545. The van der Waals surface area contributed by atoms with E-state index in [0.29, 0.717) is 27.3 Å². The van der Waals surface area contributed by atoms with E-state index in [1.807, 2.05) is 13.0 Å². The first-order valence-corrected chi connectivity index (χ1v) is 9.45. The fraction of sp³-hybridized carbons (Fsp3) is 0.105. The standard InChI is InChI=1S/C19H17ClN4O3S/c1-11-6-7-16(27-2)14(8-11)22-17(25)15-10-28-19(23-15)24-18(26)21-13-5-3-4-12(20)9-13/h3-10H,1-2H3,(H,22,25)(H2,21,23,24,26). The van der Waals surface area contributed by atoms with Gasteiger partial charge in [0.05, 0.1) is 12.8 Å². The van der Waals surface area contributed by atoms with Gasteiger partial charge in [0.1, 0.15) is 11.4 Å². The second-order valence-corrected chi connectivity index (χ2v) is 7.08. The Morgan fingerprint density at radius 2 is 1.93 bits per heavy atom. The molecule has 28 heavy (non-hydrogen) atoms. The highest BCUT2D eigenvalue weighted by molar-refractivity contribution is 7.14. The van der Waals surface area contributed by atoms with Gasteiger partial charge in [-0.1, -0.05) is 23.7 Å². The van der Waals surface area contributed by atoms with E-state index in [1.54, 1.807) is 41.8 Å². The first kappa shape index (κ1) is 19.7. The van der Waals surface area contributed by atoms with Gasteiger partial charge in [-0.2, -0.15) is 0 Å². The summed E-state index contributed by atoms with van der Waals surface area (Å²) in [6.45, 7) is 1.92. The van der Waals surface area contributed by atoms with Gasteiger partial charge in [-0.05, 0) is 42.8 Å². The number of aromatic nitrogens is 1. The second kappa shape index (κ2) is 8.73. The number of hydrogen-bond acceptors (Lipinski definition) is 5. The predicted molar refractivity (Wildman–Crippen MR) is 112 cm³/mol. The molecule has 1 heterocycles. The van der Waals surface area contributed by atoms with Crippen LogP contribution in [0.2, 0.25) is 5.02 Å². The summed E-state index contributed by atoms with van der Waals surface area (Å²) in [5, 5.41) is 10.4. The van der Waals surface area contributed by atoms with Crippen molar-refractivity contribution in [2.75, 3.05) is 23.1 Å². The van der Waals surface area contributed by atoms with Crippen molar-refractivity contribution in [3.63, 3.8) is 0 Å². The highest BCUT2D eigenvalue weighted by atomic mass is 35.5. The van der Waals surface area contributed by atoms with E-state index in [2.05, 4.69) is 20.9 Å². The molecule has 3 aromatic rings. The molecule has 0 saturated heterocycles. The van der Waals surface area contributed by atoms with Crippen LogP contribution in [0.1, 0.15) is 16.1 Å². The van der Waals surface area contributed by atoms with Crippen LogP contribution in [0, 0.1) is 6.92 Å². The Morgan fingerprint density at radius 1 is 1.11 bits per heavy atom. The molecule has 0 aliphatic carbocycles.